The smallest absolute Gasteiger partial charge is 0.223 e. The maximum Gasteiger partial charge on any atom is 0.223 e. The lowest BCUT2D eigenvalue weighted by Crippen LogP contribution is -2.26. The Balaban J connectivity index is 2.07. The molecular weight excluding hydrogens is 274 g/mol. The highest BCUT2D eigenvalue weighted by Crippen LogP contribution is 2.26. The molecule has 2 atom stereocenters. The Bertz CT molecular complexity index is 359. The van der Waals surface area contributed by atoms with Crippen molar-refractivity contribution in [3.63, 3.8) is 0 Å². The Morgan fingerprint density at radius 3 is 2.93 bits per heavy atom. The number of nitrogens with zero attached hydrogens (tertiary/aromatic N) is 2. The minimum absolute atomic E-state index is 0.510. The number of aryl methyl sites for hydroxylation is 1. The van der Waals surface area contributed by atoms with Gasteiger partial charge in [0.25, 0.3) is 0 Å². The molecular formula is C10H14BrN3S. The minimum atomic E-state index is 0.510. The van der Waals surface area contributed by atoms with Crippen LogP contribution in [0.3, 0.4) is 0 Å². The lowest BCUT2D eigenvalue weighted by molar-refractivity contribution is 0.594. The van der Waals surface area contributed by atoms with Crippen molar-refractivity contribution in [3.8, 4) is 0 Å². The van der Waals surface area contributed by atoms with Crippen molar-refractivity contribution in [2.75, 3.05) is 16.8 Å². The van der Waals surface area contributed by atoms with E-state index in [0.29, 0.717) is 12.0 Å². The summed E-state index contributed by atoms with van der Waals surface area (Å²) in [6, 6.07) is 0.510. The molecule has 0 bridgehead atoms. The van der Waals surface area contributed by atoms with Crippen LogP contribution < -0.4 is 5.32 Å². The average molecular weight is 288 g/mol. The normalized spacial score (nSPS) is 25.5. The van der Waals surface area contributed by atoms with Crippen molar-refractivity contribution in [1.29, 1.82) is 0 Å². The monoisotopic (exact) mass is 287 g/mol. The quantitative estimate of drug-likeness (QED) is 0.908. The van der Waals surface area contributed by atoms with Crippen molar-refractivity contribution in [3.05, 3.63) is 16.4 Å². The first kappa shape index (κ1) is 11.2. The molecule has 0 spiro atoms. The van der Waals surface area contributed by atoms with Crippen LogP contribution in [0.15, 0.2) is 10.7 Å². The van der Waals surface area contributed by atoms with Gasteiger partial charge in [-0.2, -0.15) is 11.8 Å². The first-order chi connectivity index (χ1) is 7.16. The molecule has 0 aromatic carbocycles. The first-order valence-electron chi connectivity index (χ1n) is 5.00. The van der Waals surface area contributed by atoms with Gasteiger partial charge in [0.15, 0.2) is 0 Å². The lowest BCUT2D eigenvalue weighted by Gasteiger charge is -2.16. The third kappa shape index (κ3) is 2.64. The predicted octanol–water partition coefficient (Wildman–Crippen LogP) is 2.71. The van der Waals surface area contributed by atoms with E-state index in [4.69, 9.17) is 0 Å². The third-order valence-corrected chi connectivity index (χ3v) is 4.73. The highest BCUT2D eigenvalue weighted by molar-refractivity contribution is 9.10. The molecule has 1 aromatic heterocycles. The summed E-state index contributed by atoms with van der Waals surface area (Å²) >= 11 is 5.39. The van der Waals surface area contributed by atoms with Crippen LogP contribution in [0.2, 0.25) is 0 Å². The van der Waals surface area contributed by atoms with E-state index >= 15 is 0 Å². The van der Waals surface area contributed by atoms with E-state index in [1.165, 1.54) is 5.75 Å². The predicted molar refractivity (Wildman–Crippen MR) is 68.4 cm³/mol. The average Bonchev–Trinajstić information content (AvgIpc) is 2.59. The number of hydrogen-bond acceptors (Lipinski definition) is 4. The molecule has 0 aliphatic carbocycles. The van der Waals surface area contributed by atoms with Crippen molar-refractivity contribution >= 4 is 33.6 Å². The van der Waals surface area contributed by atoms with Gasteiger partial charge in [0, 0.05) is 18.0 Å². The zero-order valence-electron chi connectivity index (χ0n) is 8.83. The molecule has 0 amide bonds. The van der Waals surface area contributed by atoms with Gasteiger partial charge < -0.3 is 5.32 Å². The van der Waals surface area contributed by atoms with Gasteiger partial charge in [0.05, 0.1) is 10.2 Å². The summed E-state index contributed by atoms with van der Waals surface area (Å²) in [7, 11) is 0. The third-order valence-electron chi connectivity index (χ3n) is 2.60. The van der Waals surface area contributed by atoms with Crippen LogP contribution in [0.5, 0.6) is 0 Å². The molecule has 1 N–H and O–H groups in total. The molecule has 0 saturated carbocycles. The number of anilines is 1. The van der Waals surface area contributed by atoms with E-state index in [0.717, 1.165) is 21.9 Å². The minimum Gasteiger partial charge on any atom is -0.350 e. The summed E-state index contributed by atoms with van der Waals surface area (Å²) in [6.45, 7) is 4.24. The largest absolute Gasteiger partial charge is 0.350 e. The van der Waals surface area contributed by atoms with Crippen molar-refractivity contribution < 1.29 is 0 Å². The fraction of sp³-hybridized carbons (Fsp3) is 0.600. The van der Waals surface area contributed by atoms with E-state index in [1.807, 2.05) is 18.7 Å². The standard InChI is InChI=1S/C10H14BrN3S/c1-6-4-15-5-9(6)14-10-12-3-8(11)7(2)13-10/h3,6,9H,4-5H2,1-2H3,(H,12,13,14). The molecule has 1 aliphatic rings. The maximum atomic E-state index is 4.39. The number of nitrogens with one attached hydrogen (secondary N) is 1. The van der Waals surface area contributed by atoms with Gasteiger partial charge >= 0.3 is 0 Å². The van der Waals surface area contributed by atoms with Crippen LogP contribution in [-0.2, 0) is 0 Å². The summed E-state index contributed by atoms with van der Waals surface area (Å²) in [6.07, 6.45) is 1.80. The number of thioether (sulfide) groups is 1. The summed E-state index contributed by atoms with van der Waals surface area (Å²) in [5.74, 6) is 3.82. The topological polar surface area (TPSA) is 37.8 Å². The number of hydrogen-bond donors (Lipinski definition) is 1. The summed E-state index contributed by atoms with van der Waals surface area (Å²) in [5.41, 5.74) is 0.978. The molecule has 1 aromatic rings. The molecule has 1 aliphatic heterocycles. The number of aromatic nitrogens is 2. The van der Waals surface area contributed by atoms with Crippen molar-refractivity contribution in [2.24, 2.45) is 5.92 Å². The molecule has 2 heterocycles. The van der Waals surface area contributed by atoms with Crippen LogP contribution in [0, 0.1) is 12.8 Å². The maximum absolute atomic E-state index is 4.39. The van der Waals surface area contributed by atoms with Crippen LogP contribution >= 0.6 is 27.7 Å². The highest BCUT2D eigenvalue weighted by atomic mass is 79.9. The number of halogens is 1. The molecule has 82 valence electrons. The van der Waals surface area contributed by atoms with Gasteiger partial charge in [-0.15, -0.1) is 0 Å². The summed E-state index contributed by atoms with van der Waals surface area (Å²) in [4.78, 5) is 8.65. The van der Waals surface area contributed by atoms with Gasteiger partial charge in [-0.05, 0) is 34.5 Å². The highest BCUT2D eigenvalue weighted by Gasteiger charge is 2.24. The fourth-order valence-corrected chi connectivity index (χ4v) is 3.13. The van der Waals surface area contributed by atoms with Gasteiger partial charge in [-0.1, -0.05) is 6.92 Å². The summed E-state index contributed by atoms with van der Waals surface area (Å²) < 4.78 is 0.960. The van der Waals surface area contributed by atoms with Gasteiger partial charge in [-0.25, -0.2) is 9.97 Å². The van der Waals surface area contributed by atoms with E-state index < -0.39 is 0 Å². The molecule has 2 unspecified atom stereocenters. The Kier molecular flexibility index (Phi) is 3.51. The van der Waals surface area contributed by atoms with Crippen LogP contribution in [0.25, 0.3) is 0 Å². The van der Waals surface area contributed by atoms with Crippen LogP contribution in [0.1, 0.15) is 12.6 Å². The molecule has 15 heavy (non-hydrogen) atoms. The van der Waals surface area contributed by atoms with E-state index in [-0.39, 0.29) is 0 Å². The Morgan fingerprint density at radius 1 is 1.53 bits per heavy atom. The zero-order chi connectivity index (χ0) is 10.8. The second kappa shape index (κ2) is 4.70. The summed E-state index contributed by atoms with van der Waals surface area (Å²) in [5, 5.41) is 3.39. The molecule has 5 heteroatoms. The van der Waals surface area contributed by atoms with E-state index in [9.17, 15) is 0 Å². The second-order valence-electron chi connectivity index (χ2n) is 3.89. The lowest BCUT2D eigenvalue weighted by atomic mass is 10.1. The Morgan fingerprint density at radius 2 is 2.33 bits per heavy atom. The Hall–Kier alpha value is -0.290. The molecule has 2 rings (SSSR count). The van der Waals surface area contributed by atoms with Gasteiger partial charge in [0.1, 0.15) is 0 Å². The molecule has 0 radical (unpaired) electrons. The zero-order valence-corrected chi connectivity index (χ0v) is 11.2. The molecule has 1 fully saturated rings. The van der Waals surface area contributed by atoms with Crippen LogP contribution in [0.4, 0.5) is 5.95 Å². The second-order valence-corrected chi connectivity index (χ2v) is 5.82. The van der Waals surface area contributed by atoms with Crippen LogP contribution in [-0.4, -0.2) is 27.5 Å². The van der Waals surface area contributed by atoms with E-state index in [1.54, 1.807) is 6.20 Å². The molecule has 3 nitrogen and oxygen atoms in total. The molecule has 1 saturated heterocycles. The Labute approximate surface area is 103 Å². The SMILES string of the molecule is Cc1nc(NC2CSCC2C)ncc1Br. The fourth-order valence-electron chi connectivity index (χ4n) is 1.53. The van der Waals surface area contributed by atoms with Crippen molar-refractivity contribution in [2.45, 2.75) is 19.9 Å². The van der Waals surface area contributed by atoms with Gasteiger partial charge in [-0.3, -0.25) is 0 Å². The number of rotatable bonds is 2. The van der Waals surface area contributed by atoms with Crippen molar-refractivity contribution in [1.82, 2.24) is 9.97 Å². The van der Waals surface area contributed by atoms with Gasteiger partial charge in [0.2, 0.25) is 5.95 Å². The van der Waals surface area contributed by atoms with E-state index in [2.05, 4.69) is 38.1 Å². The first-order valence-corrected chi connectivity index (χ1v) is 6.95.